The van der Waals surface area contributed by atoms with Crippen LogP contribution in [0, 0.1) is 0 Å². The number of rotatable bonds is 10. The third-order valence-electron chi connectivity index (χ3n) is 4.34. The topological polar surface area (TPSA) is 110 Å². The molecule has 0 saturated heterocycles. The Hall–Kier alpha value is -3.45. The molecule has 0 amide bonds. The second-order valence-corrected chi connectivity index (χ2v) is 7.61. The molecule has 7 nitrogen and oxygen atoms in total. The van der Waals surface area contributed by atoms with Gasteiger partial charge in [-0.1, -0.05) is 30.3 Å². The van der Waals surface area contributed by atoms with E-state index in [-0.39, 0.29) is 12.2 Å². The van der Waals surface area contributed by atoms with Gasteiger partial charge in [0.25, 0.3) is 0 Å². The maximum absolute atomic E-state index is 12.2. The third kappa shape index (κ3) is 7.71. The van der Waals surface area contributed by atoms with Gasteiger partial charge in [0.15, 0.2) is 5.78 Å². The minimum absolute atomic E-state index is 0.0274. The fourth-order valence-corrected chi connectivity index (χ4v) is 2.77. The van der Waals surface area contributed by atoms with Crippen LogP contribution in [0.3, 0.4) is 0 Å². The first kappa shape index (κ1) is 23.8. The summed E-state index contributed by atoms with van der Waals surface area (Å²) in [5.74, 6) is -1.92. The first-order chi connectivity index (χ1) is 14.6. The largest absolute Gasteiger partial charge is 0.487 e. The summed E-state index contributed by atoms with van der Waals surface area (Å²) in [5, 5.41) is 18.6. The Labute approximate surface area is 180 Å². The molecule has 31 heavy (non-hydrogen) atoms. The highest BCUT2D eigenvalue weighted by molar-refractivity contribution is 6.01. The van der Waals surface area contributed by atoms with Crippen LogP contribution in [0.2, 0.25) is 0 Å². The number of ether oxygens (including phenoxy) is 2. The van der Waals surface area contributed by atoms with E-state index in [1.165, 1.54) is 20.8 Å². The van der Waals surface area contributed by atoms with Crippen molar-refractivity contribution in [2.75, 3.05) is 6.61 Å². The van der Waals surface area contributed by atoms with Gasteiger partial charge < -0.3 is 19.7 Å². The highest BCUT2D eigenvalue weighted by atomic mass is 16.6. The lowest BCUT2D eigenvalue weighted by atomic mass is 9.97. The number of esters is 1. The molecular weight excluding hydrogens is 400 g/mol. The minimum Gasteiger partial charge on any atom is -0.487 e. The molecule has 2 N–H and O–H groups in total. The quantitative estimate of drug-likeness (QED) is 0.341. The van der Waals surface area contributed by atoms with E-state index >= 15 is 0 Å². The first-order valence-electron chi connectivity index (χ1n) is 9.72. The lowest BCUT2D eigenvalue weighted by molar-refractivity contribution is -0.142. The molecule has 0 spiro atoms. The van der Waals surface area contributed by atoms with Crippen LogP contribution in [0.5, 0.6) is 5.75 Å². The number of carbonyl (C=O) groups excluding carboxylic acids is 2. The molecule has 1 unspecified atom stereocenters. The Bertz CT molecular complexity index is 938. The maximum Gasteiger partial charge on any atom is 0.334 e. The Balaban J connectivity index is 2.12. The number of hydrogen-bond acceptors (Lipinski definition) is 6. The van der Waals surface area contributed by atoms with Crippen LogP contribution in [0.1, 0.15) is 36.7 Å². The predicted octanol–water partition coefficient (Wildman–Crippen LogP) is 3.20. The number of benzene rings is 2. The molecule has 7 heteroatoms. The maximum atomic E-state index is 12.2. The number of carbonyl (C=O) groups is 3. The van der Waals surface area contributed by atoms with E-state index in [1.54, 1.807) is 24.3 Å². The molecule has 0 aliphatic carbocycles. The Morgan fingerprint density at radius 3 is 2.19 bits per heavy atom. The summed E-state index contributed by atoms with van der Waals surface area (Å²) in [7, 11) is 0. The van der Waals surface area contributed by atoms with Gasteiger partial charge in [0.2, 0.25) is 0 Å². The van der Waals surface area contributed by atoms with Crippen LogP contribution < -0.4 is 4.74 Å². The van der Waals surface area contributed by atoms with Crippen molar-refractivity contribution in [3.63, 3.8) is 0 Å². The number of ketones is 1. The molecule has 2 rings (SSSR count). The van der Waals surface area contributed by atoms with Crippen LogP contribution in [-0.2, 0) is 20.7 Å². The Morgan fingerprint density at radius 1 is 1.03 bits per heavy atom. The monoisotopic (exact) mass is 426 g/mol. The van der Waals surface area contributed by atoms with Crippen molar-refractivity contribution in [2.24, 2.45) is 0 Å². The van der Waals surface area contributed by atoms with E-state index in [0.717, 1.165) is 11.6 Å². The van der Waals surface area contributed by atoms with Crippen molar-refractivity contribution in [1.29, 1.82) is 0 Å². The summed E-state index contributed by atoms with van der Waals surface area (Å²) < 4.78 is 11.2. The summed E-state index contributed by atoms with van der Waals surface area (Å²) in [6.45, 7) is 4.11. The number of aliphatic hydroxyl groups is 1. The molecule has 0 heterocycles. The average Bonchev–Trinajstić information content (AvgIpc) is 2.71. The molecule has 0 radical (unpaired) electrons. The van der Waals surface area contributed by atoms with E-state index in [2.05, 4.69) is 0 Å². The van der Waals surface area contributed by atoms with Gasteiger partial charge in [-0.3, -0.25) is 4.79 Å². The highest BCUT2D eigenvalue weighted by Gasteiger charge is 2.25. The van der Waals surface area contributed by atoms with Crippen molar-refractivity contribution < 1.29 is 34.1 Å². The lowest BCUT2D eigenvalue weighted by Crippen LogP contribution is -2.31. The van der Waals surface area contributed by atoms with Gasteiger partial charge >= 0.3 is 11.9 Å². The van der Waals surface area contributed by atoms with Crippen LogP contribution in [-0.4, -0.2) is 46.2 Å². The smallest absolute Gasteiger partial charge is 0.334 e. The second-order valence-electron chi connectivity index (χ2n) is 7.61. The zero-order chi connectivity index (χ0) is 23.0. The van der Waals surface area contributed by atoms with Crippen molar-refractivity contribution in [3.05, 3.63) is 77.4 Å². The van der Waals surface area contributed by atoms with Gasteiger partial charge in [0, 0.05) is 23.6 Å². The van der Waals surface area contributed by atoms with Crippen LogP contribution in [0.4, 0.5) is 0 Å². The average molecular weight is 426 g/mol. The highest BCUT2D eigenvalue weighted by Crippen LogP contribution is 2.19. The normalized spacial score (nSPS) is 12.7. The second kappa shape index (κ2) is 10.5. The van der Waals surface area contributed by atoms with E-state index in [1.807, 2.05) is 30.3 Å². The number of aliphatic carboxylic acids is 1. The molecule has 0 bridgehead atoms. The van der Waals surface area contributed by atoms with Crippen molar-refractivity contribution in [3.8, 4) is 5.75 Å². The number of Topliss-reactive ketones (excluding diaryl/α,β-unsaturated/α-hetero) is 1. The van der Waals surface area contributed by atoms with Crippen molar-refractivity contribution in [2.45, 2.75) is 38.9 Å². The van der Waals surface area contributed by atoms with Crippen LogP contribution in [0.25, 0.3) is 0 Å². The molecule has 0 aromatic heterocycles. The zero-order valence-electron chi connectivity index (χ0n) is 17.7. The fourth-order valence-electron chi connectivity index (χ4n) is 2.77. The molecule has 0 fully saturated rings. The standard InChI is InChI=1S/C24H26O7/c1-16(13-21(25)26)23(28)30-15-20(14-17-7-5-4-6-8-17)31-19-11-9-18(10-12-19)22(27)24(2,3)29/h4-13,20,29H,14-15H2,1-3H3,(H,25,26)/b16-13+. The summed E-state index contributed by atoms with van der Waals surface area (Å²) >= 11 is 0. The van der Waals surface area contributed by atoms with Crippen molar-refractivity contribution in [1.82, 2.24) is 0 Å². The molecule has 2 aromatic carbocycles. The van der Waals surface area contributed by atoms with E-state index in [0.29, 0.717) is 17.7 Å². The van der Waals surface area contributed by atoms with Gasteiger partial charge in [-0.15, -0.1) is 0 Å². The Kier molecular flexibility index (Phi) is 8.10. The lowest BCUT2D eigenvalue weighted by Gasteiger charge is -2.20. The first-order valence-corrected chi connectivity index (χ1v) is 9.72. The van der Waals surface area contributed by atoms with Gasteiger partial charge in [0.1, 0.15) is 24.1 Å². The van der Waals surface area contributed by atoms with E-state index in [9.17, 15) is 19.5 Å². The van der Waals surface area contributed by atoms with Gasteiger partial charge in [0.05, 0.1) is 0 Å². The SMILES string of the molecule is C/C(=C\C(=O)O)C(=O)OCC(Cc1ccccc1)Oc1ccc(C(=O)C(C)(C)O)cc1. The van der Waals surface area contributed by atoms with Gasteiger partial charge in [-0.05, 0) is 50.6 Å². The number of carboxylic acid groups (broad SMARTS) is 1. The van der Waals surface area contributed by atoms with E-state index < -0.39 is 29.4 Å². The van der Waals surface area contributed by atoms with Gasteiger partial charge in [-0.2, -0.15) is 0 Å². The molecule has 0 aliphatic heterocycles. The molecule has 0 aliphatic rings. The van der Waals surface area contributed by atoms with Crippen molar-refractivity contribution >= 4 is 17.7 Å². The fraction of sp³-hybridized carbons (Fsp3) is 0.292. The molecule has 1 atom stereocenters. The Morgan fingerprint density at radius 2 is 1.65 bits per heavy atom. The number of carboxylic acids is 1. The summed E-state index contributed by atoms with van der Waals surface area (Å²) in [5.41, 5.74) is -0.191. The minimum atomic E-state index is -1.48. The molecule has 0 saturated carbocycles. The van der Waals surface area contributed by atoms with Gasteiger partial charge in [-0.25, -0.2) is 9.59 Å². The summed E-state index contributed by atoms with van der Waals surface area (Å²) in [6.07, 6.45) is 0.688. The van der Waals surface area contributed by atoms with Crippen LogP contribution in [0.15, 0.2) is 66.2 Å². The number of hydrogen-bond donors (Lipinski definition) is 2. The predicted molar refractivity (Wildman–Crippen MR) is 114 cm³/mol. The zero-order valence-corrected chi connectivity index (χ0v) is 17.7. The molecule has 2 aromatic rings. The molecule has 164 valence electrons. The summed E-state index contributed by atoms with van der Waals surface area (Å²) in [6, 6.07) is 15.8. The third-order valence-corrected chi connectivity index (χ3v) is 4.34. The molecular formula is C24H26O7. The van der Waals surface area contributed by atoms with Crippen LogP contribution >= 0.6 is 0 Å². The van der Waals surface area contributed by atoms with E-state index in [4.69, 9.17) is 14.6 Å². The summed E-state index contributed by atoms with van der Waals surface area (Å²) in [4.78, 5) is 34.9.